The highest BCUT2D eigenvalue weighted by Crippen LogP contribution is 2.38. The second kappa shape index (κ2) is 8.22. The fourth-order valence-corrected chi connectivity index (χ4v) is 2.75. The first kappa shape index (κ1) is 18.9. The van der Waals surface area contributed by atoms with Gasteiger partial charge < -0.3 is 16.0 Å². The molecule has 27 heavy (non-hydrogen) atoms. The average molecular weight is 386 g/mol. The molecule has 0 saturated heterocycles. The van der Waals surface area contributed by atoms with Gasteiger partial charge in [0.25, 0.3) is 5.91 Å². The lowest BCUT2D eigenvalue weighted by Crippen LogP contribution is -2.32. The van der Waals surface area contributed by atoms with Crippen LogP contribution in [0.2, 0.25) is 5.02 Å². The number of halogens is 1. The average Bonchev–Trinajstić information content (AvgIpc) is 3.39. The number of anilines is 2. The lowest BCUT2D eigenvalue weighted by Gasteiger charge is -2.08. The van der Waals surface area contributed by atoms with Gasteiger partial charge in [0.05, 0.1) is 6.54 Å². The van der Waals surface area contributed by atoms with Crippen LogP contribution < -0.4 is 16.0 Å². The number of carbonyl (C=O) groups is 3. The van der Waals surface area contributed by atoms with Gasteiger partial charge in [-0.2, -0.15) is 0 Å². The van der Waals surface area contributed by atoms with Crippen molar-refractivity contribution in [2.75, 3.05) is 17.2 Å². The quantitative estimate of drug-likeness (QED) is 0.712. The van der Waals surface area contributed by atoms with E-state index in [1.54, 1.807) is 48.5 Å². The molecular formula is C20H20ClN3O3. The van der Waals surface area contributed by atoms with E-state index in [2.05, 4.69) is 16.0 Å². The molecule has 0 heterocycles. The fourth-order valence-electron chi connectivity index (χ4n) is 2.63. The lowest BCUT2D eigenvalue weighted by molar-refractivity contribution is -0.117. The van der Waals surface area contributed by atoms with E-state index in [0.717, 1.165) is 6.42 Å². The van der Waals surface area contributed by atoms with Gasteiger partial charge in [-0.15, -0.1) is 0 Å². The summed E-state index contributed by atoms with van der Waals surface area (Å²) in [6.07, 6.45) is 0.921. The molecule has 0 radical (unpaired) electrons. The van der Waals surface area contributed by atoms with Crippen molar-refractivity contribution in [1.82, 2.24) is 5.32 Å². The summed E-state index contributed by atoms with van der Waals surface area (Å²) in [5.41, 5.74) is 1.66. The van der Waals surface area contributed by atoms with Crippen molar-refractivity contribution in [3.8, 4) is 0 Å². The molecule has 2 aromatic rings. The number of nitrogens with one attached hydrogen (secondary N) is 3. The first-order valence-corrected chi connectivity index (χ1v) is 9.05. The maximum Gasteiger partial charge on any atom is 0.251 e. The largest absolute Gasteiger partial charge is 0.343 e. The monoisotopic (exact) mass is 385 g/mol. The predicted octanol–water partition coefficient (Wildman–Crippen LogP) is 3.30. The Bertz CT molecular complexity index is 850. The zero-order valence-electron chi connectivity index (χ0n) is 14.8. The maximum absolute atomic E-state index is 12.1. The van der Waals surface area contributed by atoms with Crippen molar-refractivity contribution in [3.05, 3.63) is 59.1 Å². The Kier molecular flexibility index (Phi) is 5.76. The van der Waals surface area contributed by atoms with Crippen molar-refractivity contribution >= 4 is 40.7 Å². The fraction of sp³-hybridized carbons (Fsp3) is 0.250. The van der Waals surface area contributed by atoms with Crippen LogP contribution in [0.5, 0.6) is 0 Å². The molecule has 1 fully saturated rings. The van der Waals surface area contributed by atoms with E-state index in [0.29, 0.717) is 27.9 Å². The maximum atomic E-state index is 12.1. The van der Waals surface area contributed by atoms with Gasteiger partial charge in [-0.05, 0) is 60.9 Å². The molecule has 140 valence electrons. The Morgan fingerprint density at radius 1 is 0.963 bits per heavy atom. The molecule has 2 atom stereocenters. The van der Waals surface area contributed by atoms with E-state index in [-0.39, 0.29) is 30.2 Å². The Hall–Kier alpha value is -2.86. The van der Waals surface area contributed by atoms with E-state index >= 15 is 0 Å². The standard InChI is InChI=1S/C20H20ClN3O3/c1-12-10-17(12)20(27)24-16-6-2-13(3-7-16)19(26)22-11-18(25)23-15-8-4-14(21)5-9-15/h2-9,12,17H,10-11H2,1H3,(H,22,26)(H,23,25)(H,24,27). The third kappa shape index (κ3) is 5.31. The Morgan fingerprint density at radius 2 is 1.52 bits per heavy atom. The third-order valence-corrected chi connectivity index (χ3v) is 4.65. The highest BCUT2D eigenvalue weighted by Gasteiger charge is 2.39. The molecule has 0 aromatic heterocycles. The second-order valence-corrected chi connectivity index (χ2v) is 7.06. The minimum atomic E-state index is -0.366. The van der Waals surface area contributed by atoms with Crippen molar-refractivity contribution in [1.29, 1.82) is 0 Å². The van der Waals surface area contributed by atoms with E-state index in [4.69, 9.17) is 11.6 Å². The van der Waals surface area contributed by atoms with Crippen LogP contribution >= 0.6 is 11.6 Å². The summed E-state index contributed by atoms with van der Waals surface area (Å²) in [5.74, 6) is -0.164. The zero-order chi connectivity index (χ0) is 19.4. The first-order chi connectivity index (χ1) is 12.9. The van der Waals surface area contributed by atoms with Gasteiger partial charge in [-0.3, -0.25) is 14.4 Å². The van der Waals surface area contributed by atoms with Gasteiger partial charge >= 0.3 is 0 Å². The zero-order valence-corrected chi connectivity index (χ0v) is 15.5. The summed E-state index contributed by atoms with van der Waals surface area (Å²) in [4.78, 5) is 36.0. The van der Waals surface area contributed by atoms with Gasteiger partial charge in [0, 0.05) is 27.9 Å². The van der Waals surface area contributed by atoms with Gasteiger partial charge in [0.15, 0.2) is 0 Å². The van der Waals surface area contributed by atoms with E-state index in [1.165, 1.54) is 0 Å². The molecule has 6 nitrogen and oxygen atoms in total. The minimum absolute atomic E-state index is 0.0126. The van der Waals surface area contributed by atoms with Crippen LogP contribution in [0.15, 0.2) is 48.5 Å². The lowest BCUT2D eigenvalue weighted by atomic mass is 10.2. The molecule has 3 rings (SSSR count). The van der Waals surface area contributed by atoms with Gasteiger partial charge in [0.1, 0.15) is 0 Å². The van der Waals surface area contributed by atoms with Crippen molar-refractivity contribution in [2.24, 2.45) is 11.8 Å². The van der Waals surface area contributed by atoms with Crippen LogP contribution in [0.25, 0.3) is 0 Å². The predicted molar refractivity (Wildman–Crippen MR) is 105 cm³/mol. The summed E-state index contributed by atoms with van der Waals surface area (Å²) in [6.45, 7) is 1.89. The summed E-state index contributed by atoms with van der Waals surface area (Å²) in [5, 5.41) is 8.64. The number of rotatable bonds is 6. The number of benzene rings is 2. The number of carbonyl (C=O) groups excluding carboxylic acids is 3. The second-order valence-electron chi connectivity index (χ2n) is 6.62. The van der Waals surface area contributed by atoms with Crippen LogP contribution in [0.3, 0.4) is 0 Å². The molecule has 2 aromatic carbocycles. The summed E-state index contributed by atoms with van der Waals surface area (Å²) < 4.78 is 0. The molecule has 0 bridgehead atoms. The molecular weight excluding hydrogens is 366 g/mol. The minimum Gasteiger partial charge on any atom is -0.343 e. The Labute approximate surface area is 162 Å². The summed E-state index contributed by atoms with van der Waals surface area (Å²) in [6, 6.07) is 13.3. The van der Waals surface area contributed by atoms with Crippen LogP contribution in [-0.2, 0) is 9.59 Å². The highest BCUT2D eigenvalue weighted by atomic mass is 35.5. The van der Waals surface area contributed by atoms with E-state index < -0.39 is 0 Å². The van der Waals surface area contributed by atoms with Crippen molar-refractivity contribution in [3.63, 3.8) is 0 Å². The highest BCUT2D eigenvalue weighted by molar-refractivity contribution is 6.30. The molecule has 1 aliphatic carbocycles. The van der Waals surface area contributed by atoms with Crippen LogP contribution in [-0.4, -0.2) is 24.3 Å². The van der Waals surface area contributed by atoms with E-state index in [1.807, 2.05) is 6.92 Å². The molecule has 1 saturated carbocycles. The number of hydrogen-bond donors (Lipinski definition) is 3. The van der Waals surface area contributed by atoms with Gasteiger partial charge in [-0.1, -0.05) is 18.5 Å². The van der Waals surface area contributed by atoms with Crippen LogP contribution in [0.4, 0.5) is 11.4 Å². The first-order valence-electron chi connectivity index (χ1n) is 8.67. The normalized spacial score (nSPS) is 17.7. The van der Waals surface area contributed by atoms with Gasteiger partial charge in [0.2, 0.25) is 11.8 Å². The van der Waals surface area contributed by atoms with Crippen molar-refractivity contribution < 1.29 is 14.4 Å². The van der Waals surface area contributed by atoms with E-state index in [9.17, 15) is 14.4 Å². The van der Waals surface area contributed by atoms with Crippen LogP contribution in [0.1, 0.15) is 23.7 Å². The summed E-state index contributed by atoms with van der Waals surface area (Å²) >= 11 is 5.79. The molecule has 0 spiro atoms. The molecule has 3 amide bonds. The SMILES string of the molecule is CC1CC1C(=O)Nc1ccc(C(=O)NCC(=O)Nc2ccc(Cl)cc2)cc1. The molecule has 2 unspecified atom stereocenters. The molecule has 1 aliphatic rings. The third-order valence-electron chi connectivity index (χ3n) is 4.40. The smallest absolute Gasteiger partial charge is 0.251 e. The van der Waals surface area contributed by atoms with Crippen molar-refractivity contribution in [2.45, 2.75) is 13.3 Å². The number of amides is 3. The molecule has 0 aliphatic heterocycles. The van der Waals surface area contributed by atoms with Gasteiger partial charge in [-0.25, -0.2) is 0 Å². The number of hydrogen-bond acceptors (Lipinski definition) is 3. The molecule has 3 N–H and O–H groups in total. The Morgan fingerprint density at radius 3 is 2.11 bits per heavy atom. The Balaban J connectivity index is 1.46. The van der Waals surface area contributed by atoms with Crippen LogP contribution in [0, 0.1) is 11.8 Å². The summed E-state index contributed by atoms with van der Waals surface area (Å²) in [7, 11) is 0. The topological polar surface area (TPSA) is 87.3 Å². The molecule has 7 heteroatoms.